The molecule has 1 heterocycles. The lowest BCUT2D eigenvalue weighted by molar-refractivity contribution is 0.195. The number of aliphatic hydroxyl groups excluding tert-OH is 1. The van der Waals surface area contributed by atoms with Gasteiger partial charge in [0.05, 0.1) is 11.6 Å². The molecule has 1 aromatic heterocycles. The predicted octanol–water partition coefficient (Wildman–Crippen LogP) is 1.82. The molecular weight excluding hydrogens is 198 g/mol. The molecule has 0 aliphatic rings. The summed E-state index contributed by atoms with van der Waals surface area (Å²) in [5, 5.41) is 10.1. The van der Waals surface area contributed by atoms with Crippen LogP contribution in [0.3, 0.4) is 0 Å². The van der Waals surface area contributed by atoms with E-state index >= 15 is 0 Å². The molecule has 0 saturated heterocycles. The number of hydrogen-bond acceptors (Lipinski definition) is 4. The highest BCUT2D eigenvalue weighted by Gasteiger charge is 2.08. The summed E-state index contributed by atoms with van der Waals surface area (Å²) in [6.07, 6.45) is 3.85. The average Bonchev–Trinajstić information content (AvgIpc) is 2.66. The van der Waals surface area contributed by atoms with Gasteiger partial charge in [0.1, 0.15) is 0 Å². The van der Waals surface area contributed by atoms with E-state index < -0.39 is 0 Å². The summed E-state index contributed by atoms with van der Waals surface area (Å²) in [6.45, 7) is 2.98. The van der Waals surface area contributed by atoms with Crippen LogP contribution in [0.4, 0.5) is 0 Å². The Morgan fingerprint density at radius 3 is 3.07 bits per heavy atom. The van der Waals surface area contributed by atoms with Crippen LogP contribution < -0.4 is 0 Å². The van der Waals surface area contributed by atoms with Crippen molar-refractivity contribution >= 4 is 11.3 Å². The number of hydrogen-bond donors (Lipinski definition) is 1. The Bertz CT molecular complexity index is 262. The Balaban J connectivity index is 2.42. The topological polar surface area (TPSA) is 42.4 Å². The van der Waals surface area contributed by atoms with Crippen molar-refractivity contribution in [1.82, 2.24) is 4.98 Å². The minimum absolute atomic E-state index is 0.194. The van der Waals surface area contributed by atoms with Crippen molar-refractivity contribution in [2.75, 3.05) is 20.3 Å². The Morgan fingerprint density at radius 2 is 2.43 bits per heavy atom. The third-order valence-corrected chi connectivity index (χ3v) is 3.36. The van der Waals surface area contributed by atoms with Gasteiger partial charge in [0.25, 0.3) is 0 Å². The molecule has 4 heteroatoms. The summed E-state index contributed by atoms with van der Waals surface area (Å²) in [4.78, 5) is 5.48. The van der Waals surface area contributed by atoms with Gasteiger partial charge in [0.2, 0.25) is 0 Å². The van der Waals surface area contributed by atoms with Crippen LogP contribution in [0.25, 0.3) is 0 Å². The highest BCUT2D eigenvalue weighted by Crippen LogP contribution is 2.22. The second-order valence-corrected chi connectivity index (χ2v) is 4.48. The molecule has 1 atom stereocenters. The van der Waals surface area contributed by atoms with E-state index in [9.17, 15) is 0 Å². The van der Waals surface area contributed by atoms with E-state index in [1.165, 1.54) is 4.88 Å². The first-order valence-corrected chi connectivity index (χ1v) is 5.64. The Morgan fingerprint density at radius 1 is 1.64 bits per heavy atom. The monoisotopic (exact) mass is 215 g/mol. The molecule has 0 spiro atoms. The first-order valence-electron chi connectivity index (χ1n) is 4.82. The fourth-order valence-electron chi connectivity index (χ4n) is 1.13. The SMILES string of the molecule is COCCCc1ncc(C(C)CO)s1. The first-order chi connectivity index (χ1) is 6.77. The number of aromatic nitrogens is 1. The fraction of sp³-hybridized carbons (Fsp3) is 0.700. The van der Waals surface area contributed by atoms with Gasteiger partial charge in [-0.15, -0.1) is 11.3 Å². The van der Waals surface area contributed by atoms with E-state index in [1.807, 2.05) is 13.1 Å². The summed E-state index contributed by atoms with van der Waals surface area (Å²) >= 11 is 1.69. The zero-order valence-electron chi connectivity index (χ0n) is 8.69. The summed E-state index contributed by atoms with van der Waals surface area (Å²) < 4.78 is 4.98. The van der Waals surface area contributed by atoms with Crippen molar-refractivity contribution in [1.29, 1.82) is 0 Å². The molecule has 3 nitrogen and oxygen atoms in total. The maximum Gasteiger partial charge on any atom is 0.0928 e. The molecular formula is C10H17NO2S. The minimum Gasteiger partial charge on any atom is -0.396 e. The molecule has 1 rings (SSSR count). The summed E-state index contributed by atoms with van der Waals surface area (Å²) in [7, 11) is 1.71. The quantitative estimate of drug-likeness (QED) is 0.736. The maximum atomic E-state index is 8.97. The lowest BCUT2D eigenvalue weighted by Gasteiger charge is -2.01. The third-order valence-electron chi connectivity index (χ3n) is 2.07. The van der Waals surface area contributed by atoms with Gasteiger partial charge in [-0.2, -0.15) is 0 Å². The van der Waals surface area contributed by atoms with Crippen LogP contribution in [0.15, 0.2) is 6.20 Å². The van der Waals surface area contributed by atoms with Gasteiger partial charge in [-0.05, 0) is 6.42 Å². The third kappa shape index (κ3) is 3.36. The molecule has 1 unspecified atom stereocenters. The summed E-state index contributed by atoms with van der Waals surface area (Å²) in [6, 6.07) is 0. The Labute approximate surface area is 88.8 Å². The number of aryl methyl sites for hydroxylation is 1. The molecule has 1 N–H and O–H groups in total. The van der Waals surface area contributed by atoms with Crippen LogP contribution in [0.5, 0.6) is 0 Å². The average molecular weight is 215 g/mol. The van der Waals surface area contributed by atoms with Crippen LogP contribution >= 0.6 is 11.3 Å². The molecule has 0 aliphatic carbocycles. The predicted molar refractivity (Wildman–Crippen MR) is 57.8 cm³/mol. The second kappa shape index (κ2) is 6.11. The van der Waals surface area contributed by atoms with Crippen molar-refractivity contribution in [3.8, 4) is 0 Å². The van der Waals surface area contributed by atoms with E-state index in [2.05, 4.69) is 4.98 Å². The van der Waals surface area contributed by atoms with Crippen molar-refractivity contribution in [3.63, 3.8) is 0 Å². The number of rotatable bonds is 6. The van der Waals surface area contributed by atoms with Gasteiger partial charge in [0.15, 0.2) is 0 Å². The number of aliphatic hydroxyl groups is 1. The van der Waals surface area contributed by atoms with Gasteiger partial charge >= 0.3 is 0 Å². The molecule has 0 bridgehead atoms. The van der Waals surface area contributed by atoms with E-state index in [0.717, 1.165) is 24.5 Å². The van der Waals surface area contributed by atoms with Gasteiger partial charge in [-0.3, -0.25) is 0 Å². The van der Waals surface area contributed by atoms with E-state index in [-0.39, 0.29) is 12.5 Å². The maximum absolute atomic E-state index is 8.97. The molecule has 0 aromatic carbocycles. The van der Waals surface area contributed by atoms with Crippen LogP contribution in [0, 0.1) is 0 Å². The van der Waals surface area contributed by atoms with Gasteiger partial charge in [0, 0.05) is 37.1 Å². The smallest absolute Gasteiger partial charge is 0.0928 e. The zero-order chi connectivity index (χ0) is 10.4. The van der Waals surface area contributed by atoms with Crippen molar-refractivity contribution in [3.05, 3.63) is 16.1 Å². The van der Waals surface area contributed by atoms with Gasteiger partial charge < -0.3 is 9.84 Å². The normalized spacial score (nSPS) is 13.1. The highest BCUT2D eigenvalue weighted by molar-refractivity contribution is 7.11. The highest BCUT2D eigenvalue weighted by atomic mass is 32.1. The van der Waals surface area contributed by atoms with Crippen LogP contribution in [-0.2, 0) is 11.2 Å². The lowest BCUT2D eigenvalue weighted by atomic mass is 10.2. The first kappa shape index (κ1) is 11.6. The Kier molecular flexibility index (Phi) is 5.07. The number of methoxy groups -OCH3 is 1. The van der Waals surface area contributed by atoms with Crippen LogP contribution in [-0.4, -0.2) is 30.4 Å². The zero-order valence-corrected chi connectivity index (χ0v) is 9.51. The standard InChI is InChI=1S/C10H17NO2S/c1-8(7-12)9-6-11-10(14-9)4-3-5-13-2/h6,8,12H,3-5,7H2,1-2H3. The second-order valence-electron chi connectivity index (χ2n) is 3.34. The minimum atomic E-state index is 0.194. The molecule has 0 amide bonds. The van der Waals surface area contributed by atoms with E-state index in [0.29, 0.717) is 0 Å². The van der Waals surface area contributed by atoms with Crippen molar-refractivity contribution < 1.29 is 9.84 Å². The summed E-state index contributed by atoms with van der Waals surface area (Å²) in [5.74, 6) is 0.212. The number of thiazole rings is 1. The molecule has 0 radical (unpaired) electrons. The molecule has 80 valence electrons. The van der Waals surface area contributed by atoms with Crippen LogP contribution in [0.2, 0.25) is 0 Å². The number of nitrogens with zero attached hydrogens (tertiary/aromatic N) is 1. The van der Waals surface area contributed by atoms with E-state index in [4.69, 9.17) is 9.84 Å². The van der Waals surface area contributed by atoms with Gasteiger partial charge in [-0.1, -0.05) is 6.92 Å². The molecule has 14 heavy (non-hydrogen) atoms. The summed E-state index contributed by atoms with van der Waals surface area (Å²) in [5.41, 5.74) is 0. The molecule has 1 aromatic rings. The van der Waals surface area contributed by atoms with Crippen molar-refractivity contribution in [2.45, 2.75) is 25.7 Å². The molecule has 0 fully saturated rings. The van der Waals surface area contributed by atoms with Crippen molar-refractivity contribution in [2.24, 2.45) is 0 Å². The van der Waals surface area contributed by atoms with Crippen LogP contribution in [0.1, 0.15) is 29.1 Å². The van der Waals surface area contributed by atoms with E-state index in [1.54, 1.807) is 18.4 Å². The fourth-order valence-corrected chi connectivity index (χ4v) is 2.13. The Hall–Kier alpha value is -0.450. The molecule has 0 saturated carbocycles. The lowest BCUT2D eigenvalue weighted by Crippen LogP contribution is -1.94. The largest absolute Gasteiger partial charge is 0.396 e. The molecule has 0 aliphatic heterocycles. The number of ether oxygens (including phenoxy) is 1. The van der Waals surface area contributed by atoms with Gasteiger partial charge in [-0.25, -0.2) is 4.98 Å².